The van der Waals surface area contributed by atoms with Crippen molar-refractivity contribution in [3.63, 3.8) is 0 Å². The van der Waals surface area contributed by atoms with Crippen LogP contribution in [0.1, 0.15) is 24.6 Å². The number of hydrogen-bond donors (Lipinski definition) is 1. The first-order valence-electron chi connectivity index (χ1n) is 6.11. The largest absolute Gasteiger partial charge is 0.312 e. The molecule has 4 nitrogen and oxygen atoms in total. The molecule has 94 valence electrons. The standard InChI is InChI=1S/C14H18N4/c1-4-5-6-7-15-9-12-8-13-11(2)17-18(3)14(13)16-10-12/h8,10,15H,6-7,9H2,1-3H3. The van der Waals surface area contributed by atoms with Gasteiger partial charge in [-0.25, -0.2) is 4.98 Å². The van der Waals surface area contributed by atoms with E-state index < -0.39 is 0 Å². The normalized spacial score (nSPS) is 10.4. The van der Waals surface area contributed by atoms with Gasteiger partial charge in [0.05, 0.1) is 5.69 Å². The van der Waals surface area contributed by atoms with Crippen molar-refractivity contribution in [2.45, 2.75) is 26.8 Å². The van der Waals surface area contributed by atoms with Gasteiger partial charge in [-0.05, 0) is 25.5 Å². The zero-order chi connectivity index (χ0) is 13.0. The molecule has 0 bridgehead atoms. The molecule has 2 heterocycles. The third kappa shape index (κ3) is 2.69. The molecule has 0 atom stereocenters. The number of pyridine rings is 1. The van der Waals surface area contributed by atoms with Gasteiger partial charge in [0.15, 0.2) is 5.65 Å². The fourth-order valence-corrected chi connectivity index (χ4v) is 1.96. The van der Waals surface area contributed by atoms with Crippen LogP contribution in [0.5, 0.6) is 0 Å². The molecule has 0 aliphatic rings. The van der Waals surface area contributed by atoms with Crippen LogP contribution in [0, 0.1) is 18.8 Å². The first-order chi connectivity index (χ1) is 8.72. The zero-order valence-corrected chi connectivity index (χ0v) is 11.1. The lowest BCUT2D eigenvalue weighted by Crippen LogP contribution is -2.14. The second-order valence-electron chi connectivity index (χ2n) is 4.28. The lowest BCUT2D eigenvalue weighted by Gasteiger charge is -2.03. The van der Waals surface area contributed by atoms with Crippen molar-refractivity contribution in [2.75, 3.05) is 6.54 Å². The predicted octanol–water partition coefficient (Wildman–Crippen LogP) is 1.78. The second-order valence-corrected chi connectivity index (χ2v) is 4.28. The van der Waals surface area contributed by atoms with E-state index >= 15 is 0 Å². The van der Waals surface area contributed by atoms with Gasteiger partial charge in [0, 0.05) is 38.1 Å². The summed E-state index contributed by atoms with van der Waals surface area (Å²) in [6.07, 6.45) is 2.79. The Morgan fingerprint density at radius 2 is 2.28 bits per heavy atom. The minimum atomic E-state index is 0.822. The van der Waals surface area contributed by atoms with Crippen LogP contribution in [0.3, 0.4) is 0 Å². The van der Waals surface area contributed by atoms with Crippen LogP contribution in [0.4, 0.5) is 0 Å². The topological polar surface area (TPSA) is 42.7 Å². The highest BCUT2D eigenvalue weighted by molar-refractivity contribution is 5.78. The van der Waals surface area contributed by atoms with Crippen molar-refractivity contribution in [3.05, 3.63) is 23.5 Å². The van der Waals surface area contributed by atoms with Gasteiger partial charge in [0.2, 0.25) is 0 Å². The summed E-state index contributed by atoms with van der Waals surface area (Å²) in [6, 6.07) is 2.16. The van der Waals surface area contributed by atoms with E-state index in [-0.39, 0.29) is 0 Å². The third-order valence-corrected chi connectivity index (χ3v) is 2.85. The molecule has 0 spiro atoms. The van der Waals surface area contributed by atoms with Crippen molar-refractivity contribution in [2.24, 2.45) is 7.05 Å². The Morgan fingerprint density at radius 3 is 3.06 bits per heavy atom. The molecule has 4 heteroatoms. The number of aryl methyl sites for hydroxylation is 2. The van der Waals surface area contributed by atoms with E-state index in [1.165, 1.54) is 5.56 Å². The van der Waals surface area contributed by atoms with Gasteiger partial charge in [0.25, 0.3) is 0 Å². The molecule has 0 saturated carbocycles. The Balaban J connectivity index is 2.05. The van der Waals surface area contributed by atoms with Crippen LogP contribution >= 0.6 is 0 Å². The van der Waals surface area contributed by atoms with Gasteiger partial charge in [0.1, 0.15) is 0 Å². The summed E-state index contributed by atoms with van der Waals surface area (Å²) in [7, 11) is 1.92. The van der Waals surface area contributed by atoms with Gasteiger partial charge in [-0.1, -0.05) is 0 Å². The van der Waals surface area contributed by atoms with Crippen molar-refractivity contribution in [1.29, 1.82) is 0 Å². The van der Waals surface area contributed by atoms with Crippen LogP contribution in [0.15, 0.2) is 12.3 Å². The fraction of sp³-hybridized carbons (Fsp3) is 0.429. The summed E-state index contributed by atoms with van der Waals surface area (Å²) in [6.45, 7) is 5.61. The first-order valence-corrected chi connectivity index (χ1v) is 6.11. The van der Waals surface area contributed by atoms with E-state index in [0.717, 1.165) is 36.2 Å². The Bertz CT molecular complexity index is 601. The number of hydrogen-bond acceptors (Lipinski definition) is 3. The Kier molecular flexibility index (Phi) is 3.96. The van der Waals surface area contributed by atoms with Crippen LogP contribution in [0.25, 0.3) is 11.0 Å². The summed E-state index contributed by atoms with van der Waals surface area (Å²) in [4.78, 5) is 4.45. The third-order valence-electron chi connectivity index (χ3n) is 2.85. The maximum atomic E-state index is 4.45. The molecule has 0 aliphatic heterocycles. The second kappa shape index (κ2) is 5.65. The van der Waals surface area contributed by atoms with Crippen LogP contribution in [-0.4, -0.2) is 21.3 Å². The Hall–Kier alpha value is -1.86. The summed E-state index contributed by atoms with van der Waals surface area (Å²) in [5.74, 6) is 5.92. The van der Waals surface area contributed by atoms with Gasteiger partial charge < -0.3 is 5.32 Å². The molecule has 1 N–H and O–H groups in total. The number of nitrogens with one attached hydrogen (secondary N) is 1. The zero-order valence-electron chi connectivity index (χ0n) is 11.1. The lowest BCUT2D eigenvalue weighted by atomic mass is 10.2. The monoisotopic (exact) mass is 242 g/mol. The Labute approximate surface area is 107 Å². The van der Waals surface area contributed by atoms with Crippen LogP contribution in [0.2, 0.25) is 0 Å². The van der Waals surface area contributed by atoms with Crippen molar-refractivity contribution < 1.29 is 0 Å². The molecule has 2 aromatic rings. The minimum Gasteiger partial charge on any atom is -0.312 e. The summed E-state index contributed by atoms with van der Waals surface area (Å²) in [5, 5.41) is 8.86. The summed E-state index contributed by atoms with van der Waals surface area (Å²) in [5.41, 5.74) is 3.15. The van der Waals surface area contributed by atoms with Gasteiger partial charge >= 0.3 is 0 Å². The quantitative estimate of drug-likeness (QED) is 0.656. The lowest BCUT2D eigenvalue weighted by molar-refractivity contribution is 0.699. The number of fused-ring (bicyclic) bond motifs is 1. The van der Waals surface area contributed by atoms with Gasteiger partial charge in [-0.2, -0.15) is 5.10 Å². The van der Waals surface area contributed by atoms with E-state index in [4.69, 9.17) is 0 Å². The Morgan fingerprint density at radius 1 is 1.44 bits per heavy atom. The first kappa shape index (κ1) is 12.6. The molecule has 18 heavy (non-hydrogen) atoms. The van der Waals surface area contributed by atoms with Crippen LogP contribution in [-0.2, 0) is 13.6 Å². The molecule has 0 aromatic carbocycles. The van der Waals surface area contributed by atoms with Gasteiger partial charge in [-0.3, -0.25) is 4.68 Å². The number of aromatic nitrogens is 3. The average molecular weight is 242 g/mol. The number of rotatable bonds is 4. The molecule has 0 amide bonds. The van der Waals surface area contributed by atoms with E-state index in [1.807, 2.05) is 31.8 Å². The molecule has 0 unspecified atom stereocenters. The SMILES string of the molecule is CC#CCCNCc1cnc2c(c1)c(C)nn2C. The molecule has 2 aromatic heterocycles. The van der Waals surface area contributed by atoms with Crippen LogP contribution < -0.4 is 5.32 Å². The van der Waals surface area contributed by atoms with Crippen molar-refractivity contribution in [3.8, 4) is 11.8 Å². The molecule has 0 radical (unpaired) electrons. The highest BCUT2D eigenvalue weighted by Gasteiger charge is 2.06. The molecule has 0 fully saturated rings. The van der Waals surface area contributed by atoms with Gasteiger partial charge in [-0.15, -0.1) is 11.8 Å². The molecule has 2 rings (SSSR count). The maximum Gasteiger partial charge on any atom is 0.157 e. The average Bonchev–Trinajstić information content (AvgIpc) is 2.65. The smallest absolute Gasteiger partial charge is 0.157 e. The maximum absolute atomic E-state index is 4.45. The highest BCUT2D eigenvalue weighted by atomic mass is 15.3. The number of nitrogens with zero attached hydrogens (tertiary/aromatic N) is 3. The molecular formula is C14H18N4. The van der Waals surface area contributed by atoms with E-state index in [0.29, 0.717) is 0 Å². The van der Waals surface area contributed by atoms with E-state index in [1.54, 1.807) is 0 Å². The van der Waals surface area contributed by atoms with E-state index in [9.17, 15) is 0 Å². The van der Waals surface area contributed by atoms with Crippen molar-refractivity contribution >= 4 is 11.0 Å². The predicted molar refractivity (Wildman–Crippen MR) is 73.0 cm³/mol. The molecule has 0 aliphatic carbocycles. The molecule has 0 saturated heterocycles. The van der Waals surface area contributed by atoms with Crippen molar-refractivity contribution in [1.82, 2.24) is 20.1 Å². The summed E-state index contributed by atoms with van der Waals surface area (Å²) < 4.78 is 1.82. The molecular weight excluding hydrogens is 224 g/mol. The highest BCUT2D eigenvalue weighted by Crippen LogP contribution is 2.16. The minimum absolute atomic E-state index is 0.822. The summed E-state index contributed by atoms with van der Waals surface area (Å²) >= 11 is 0. The fourth-order valence-electron chi connectivity index (χ4n) is 1.96. The van der Waals surface area contributed by atoms with E-state index in [2.05, 4.69) is 33.3 Å².